The van der Waals surface area contributed by atoms with E-state index < -0.39 is 16.9 Å². The predicted octanol–water partition coefficient (Wildman–Crippen LogP) is 3.39. The third-order valence-corrected chi connectivity index (χ3v) is 6.70. The van der Waals surface area contributed by atoms with E-state index in [1.165, 1.54) is 6.92 Å². The van der Waals surface area contributed by atoms with Gasteiger partial charge in [-0.2, -0.15) is 0 Å². The molecule has 2 aromatic rings. The molecule has 0 bridgehead atoms. The topological polar surface area (TPSA) is 63.7 Å². The monoisotopic (exact) mass is 381 g/mol. The van der Waals surface area contributed by atoms with Gasteiger partial charge < -0.3 is 9.64 Å². The second-order valence-electron chi connectivity index (χ2n) is 6.74. The van der Waals surface area contributed by atoms with Gasteiger partial charge in [-0.1, -0.05) is 30.3 Å². The molecule has 6 heteroatoms. The molecule has 0 N–H and O–H groups in total. The maximum atomic E-state index is 12.8. The van der Waals surface area contributed by atoms with Crippen LogP contribution < -0.4 is 4.74 Å². The Bertz CT molecular complexity index is 896. The number of nitrogens with zero attached hydrogens (tertiary/aromatic N) is 1. The van der Waals surface area contributed by atoms with E-state index >= 15 is 0 Å². The lowest BCUT2D eigenvalue weighted by molar-refractivity contribution is -0.146. The summed E-state index contributed by atoms with van der Waals surface area (Å²) in [6.07, 6.45) is 1.12. The number of esters is 1. The molecule has 0 aromatic heterocycles. The molecule has 5 nitrogen and oxygen atoms in total. The van der Waals surface area contributed by atoms with Gasteiger partial charge in [0.25, 0.3) is 0 Å². The van der Waals surface area contributed by atoms with Crippen molar-refractivity contribution in [1.82, 2.24) is 4.90 Å². The highest BCUT2D eigenvalue weighted by molar-refractivity contribution is 8.00. The number of thioether (sulfide) groups is 1. The first-order valence-electron chi connectivity index (χ1n) is 8.85. The van der Waals surface area contributed by atoms with Crippen molar-refractivity contribution in [3.05, 3.63) is 65.7 Å². The van der Waals surface area contributed by atoms with Crippen molar-refractivity contribution < 1.29 is 19.1 Å². The fourth-order valence-corrected chi connectivity index (χ4v) is 5.39. The summed E-state index contributed by atoms with van der Waals surface area (Å²) < 4.78 is 5.51. The van der Waals surface area contributed by atoms with E-state index in [1.807, 2.05) is 30.3 Å². The molecule has 0 saturated carbocycles. The number of amides is 1. The number of carbonyl (C=O) groups is 3. The molecule has 2 aliphatic rings. The number of hydrogen-bond donors (Lipinski definition) is 0. The van der Waals surface area contributed by atoms with Gasteiger partial charge in [-0.25, -0.2) is 4.79 Å². The zero-order chi connectivity index (χ0) is 19.0. The van der Waals surface area contributed by atoms with Crippen LogP contribution in [0.5, 0.6) is 5.75 Å². The van der Waals surface area contributed by atoms with Crippen molar-refractivity contribution in [3.8, 4) is 5.75 Å². The standard InChI is InChI=1S/C21H19NO4S/c1-14(23)15-7-9-17(10-8-15)26-20(25)18-13-27-21(12-11-19(24)22(18)21)16-5-3-2-4-6-16/h2-10,18H,11-13H2,1H3/t18-,21+/m0/s1. The van der Waals surface area contributed by atoms with Gasteiger partial charge in [0.2, 0.25) is 5.91 Å². The number of ether oxygens (including phenoxy) is 1. The van der Waals surface area contributed by atoms with E-state index in [1.54, 1.807) is 40.9 Å². The number of fused-ring (bicyclic) bond motifs is 1. The third kappa shape index (κ3) is 3.04. The zero-order valence-corrected chi connectivity index (χ0v) is 15.7. The summed E-state index contributed by atoms with van der Waals surface area (Å²) in [7, 11) is 0. The summed E-state index contributed by atoms with van der Waals surface area (Å²) in [4.78, 5) is 38.0. The first-order valence-corrected chi connectivity index (χ1v) is 9.84. The van der Waals surface area contributed by atoms with Crippen LogP contribution in [0, 0.1) is 0 Å². The second kappa shape index (κ2) is 6.85. The second-order valence-corrected chi connectivity index (χ2v) is 8.04. The van der Waals surface area contributed by atoms with Gasteiger partial charge in [-0.15, -0.1) is 11.8 Å². The Morgan fingerprint density at radius 1 is 1.11 bits per heavy atom. The highest BCUT2D eigenvalue weighted by Crippen LogP contribution is 2.54. The van der Waals surface area contributed by atoms with Gasteiger partial charge in [0.1, 0.15) is 16.7 Å². The highest BCUT2D eigenvalue weighted by Gasteiger charge is 2.57. The van der Waals surface area contributed by atoms with Gasteiger partial charge >= 0.3 is 5.97 Å². The molecule has 2 saturated heterocycles. The molecule has 138 valence electrons. The van der Waals surface area contributed by atoms with Crippen LogP contribution in [0.4, 0.5) is 0 Å². The van der Waals surface area contributed by atoms with Crippen LogP contribution in [0.25, 0.3) is 0 Å². The molecule has 2 fully saturated rings. The highest BCUT2D eigenvalue weighted by atomic mass is 32.2. The Morgan fingerprint density at radius 3 is 2.48 bits per heavy atom. The number of carbonyl (C=O) groups excluding carboxylic acids is 3. The summed E-state index contributed by atoms with van der Waals surface area (Å²) in [5, 5.41) is 0. The molecule has 1 amide bonds. The van der Waals surface area contributed by atoms with Gasteiger partial charge in [-0.3, -0.25) is 9.59 Å². The summed E-state index contributed by atoms with van der Waals surface area (Å²) >= 11 is 1.63. The molecule has 0 unspecified atom stereocenters. The molecule has 0 radical (unpaired) electrons. The molecular weight excluding hydrogens is 362 g/mol. The van der Waals surface area contributed by atoms with E-state index in [9.17, 15) is 14.4 Å². The maximum Gasteiger partial charge on any atom is 0.335 e. The zero-order valence-electron chi connectivity index (χ0n) is 14.9. The average molecular weight is 381 g/mol. The van der Waals surface area contributed by atoms with Gasteiger partial charge in [0, 0.05) is 17.7 Å². The lowest BCUT2D eigenvalue weighted by Gasteiger charge is -2.33. The van der Waals surface area contributed by atoms with Crippen LogP contribution in [0.15, 0.2) is 54.6 Å². The minimum Gasteiger partial charge on any atom is -0.425 e. The SMILES string of the molecule is CC(=O)c1ccc(OC(=O)[C@@H]2CS[C@@]3(c4ccccc4)CCC(=O)N23)cc1. The fourth-order valence-electron chi connectivity index (χ4n) is 3.76. The number of Topliss-reactive ketones (excluding diaryl/α,β-unsaturated/α-hetero) is 1. The molecule has 0 spiro atoms. The van der Waals surface area contributed by atoms with Crippen molar-refractivity contribution in [2.45, 2.75) is 30.7 Å². The third-order valence-electron chi connectivity index (χ3n) is 5.10. The Labute approximate surface area is 161 Å². The molecule has 2 aliphatic heterocycles. The lowest BCUT2D eigenvalue weighted by atomic mass is 10.0. The number of ketones is 1. The van der Waals surface area contributed by atoms with Crippen molar-refractivity contribution in [2.24, 2.45) is 0 Å². The van der Waals surface area contributed by atoms with Gasteiger partial charge in [0.15, 0.2) is 5.78 Å². The van der Waals surface area contributed by atoms with E-state index in [-0.39, 0.29) is 11.7 Å². The minimum atomic E-state index is -0.613. The molecule has 27 heavy (non-hydrogen) atoms. The molecule has 2 aromatic carbocycles. The Hall–Kier alpha value is -2.60. The van der Waals surface area contributed by atoms with E-state index in [0.717, 1.165) is 5.56 Å². The van der Waals surface area contributed by atoms with Crippen LogP contribution in [0.3, 0.4) is 0 Å². The van der Waals surface area contributed by atoms with Crippen LogP contribution >= 0.6 is 11.8 Å². The van der Waals surface area contributed by atoms with Gasteiger partial charge in [0.05, 0.1) is 0 Å². The average Bonchev–Trinajstić information content (AvgIpc) is 3.22. The number of rotatable bonds is 4. The molecule has 0 aliphatic carbocycles. The van der Waals surface area contributed by atoms with Crippen molar-refractivity contribution in [1.29, 1.82) is 0 Å². The smallest absolute Gasteiger partial charge is 0.335 e. The Kier molecular flexibility index (Phi) is 4.52. The first-order chi connectivity index (χ1) is 13.0. The summed E-state index contributed by atoms with van der Waals surface area (Å²) in [6.45, 7) is 1.49. The van der Waals surface area contributed by atoms with E-state index in [2.05, 4.69) is 0 Å². The summed E-state index contributed by atoms with van der Waals surface area (Å²) in [5.41, 5.74) is 1.60. The maximum absolute atomic E-state index is 12.8. The Balaban J connectivity index is 1.56. The van der Waals surface area contributed by atoms with Crippen LogP contribution in [-0.4, -0.2) is 34.4 Å². The van der Waals surface area contributed by atoms with Crippen LogP contribution in [-0.2, 0) is 14.5 Å². The van der Waals surface area contributed by atoms with E-state index in [0.29, 0.717) is 29.9 Å². The largest absolute Gasteiger partial charge is 0.425 e. The van der Waals surface area contributed by atoms with Gasteiger partial charge in [-0.05, 0) is 43.2 Å². The molecular formula is C21H19NO4S. The van der Waals surface area contributed by atoms with E-state index in [4.69, 9.17) is 4.74 Å². The predicted molar refractivity (Wildman–Crippen MR) is 103 cm³/mol. The normalized spacial score (nSPS) is 24.0. The summed E-state index contributed by atoms with van der Waals surface area (Å²) in [5.74, 6) is 0.378. The molecule has 4 rings (SSSR count). The van der Waals surface area contributed by atoms with Crippen molar-refractivity contribution >= 4 is 29.4 Å². The first kappa shape index (κ1) is 17.8. The number of benzene rings is 2. The summed E-state index contributed by atoms with van der Waals surface area (Å²) in [6, 6.07) is 15.7. The van der Waals surface area contributed by atoms with Crippen LogP contribution in [0.1, 0.15) is 35.7 Å². The minimum absolute atomic E-state index is 0.0160. The van der Waals surface area contributed by atoms with Crippen molar-refractivity contribution in [2.75, 3.05) is 5.75 Å². The number of hydrogen-bond acceptors (Lipinski definition) is 5. The van der Waals surface area contributed by atoms with Crippen LogP contribution in [0.2, 0.25) is 0 Å². The molecule has 2 heterocycles. The van der Waals surface area contributed by atoms with Crippen molar-refractivity contribution in [3.63, 3.8) is 0 Å². The molecule has 2 atom stereocenters. The Morgan fingerprint density at radius 2 is 1.81 bits per heavy atom. The lowest BCUT2D eigenvalue weighted by Crippen LogP contribution is -2.47. The quantitative estimate of drug-likeness (QED) is 0.461. The fraction of sp³-hybridized carbons (Fsp3) is 0.286.